The van der Waals surface area contributed by atoms with E-state index >= 15 is 0 Å². The van der Waals surface area contributed by atoms with E-state index in [-0.39, 0.29) is 23.1 Å². The Morgan fingerprint density at radius 1 is 1.29 bits per heavy atom. The van der Waals surface area contributed by atoms with Crippen LogP contribution in [0.3, 0.4) is 0 Å². The minimum atomic E-state index is -3.82. The number of sulfonamides is 1. The van der Waals surface area contributed by atoms with E-state index in [1.807, 2.05) is 0 Å². The fourth-order valence-electron chi connectivity index (χ4n) is 2.20. The van der Waals surface area contributed by atoms with Gasteiger partial charge in [-0.05, 0) is 19.1 Å². The van der Waals surface area contributed by atoms with Crippen LogP contribution in [-0.4, -0.2) is 52.0 Å². The molecule has 1 aromatic rings. The summed E-state index contributed by atoms with van der Waals surface area (Å²) < 4.78 is 36.9. The fraction of sp³-hybridized carbons (Fsp3) is 0.462. The highest BCUT2D eigenvalue weighted by Gasteiger charge is 2.37. The van der Waals surface area contributed by atoms with Crippen molar-refractivity contribution >= 4 is 15.9 Å². The van der Waals surface area contributed by atoms with Crippen LogP contribution in [0.15, 0.2) is 23.1 Å². The lowest BCUT2D eigenvalue weighted by molar-refractivity contribution is -0.126. The van der Waals surface area contributed by atoms with E-state index in [0.29, 0.717) is 12.3 Å². The van der Waals surface area contributed by atoms with Crippen molar-refractivity contribution in [2.24, 2.45) is 0 Å². The maximum absolute atomic E-state index is 12.7. The van der Waals surface area contributed by atoms with Crippen molar-refractivity contribution < 1.29 is 22.7 Å². The number of hydrogen-bond acceptors (Lipinski definition) is 5. The lowest BCUT2D eigenvalue weighted by atomic mass is 10.2. The number of nitrogens with zero attached hydrogens (tertiary/aromatic N) is 1. The van der Waals surface area contributed by atoms with Crippen LogP contribution in [0.5, 0.6) is 11.5 Å². The van der Waals surface area contributed by atoms with E-state index in [4.69, 9.17) is 9.47 Å². The smallest absolute Gasteiger partial charge is 0.247 e. The molecule has 1 aliphatic heterocycles. The maximum atomic E-state index is 12.7. The van der Waals surface area contributed by atoms with E-state index < -0.39 is 16.1 Å². The Hall–Kier alpha value is -1.80. The molecular formula is C13H18N2O5S. The van der Waals surface area contributed by atoms with Crippen molar-refractivity contribution in [2.75, 3.05) is 27.3 Å². The number of carbonyl (C=O) groups is 1. The summed E-state index contributed by atoms with van der Waals surface area (Å²) in [5, 5.41) is 2.64. The molecule has 8 heteroatoms. The number of methoxy groups -OCH3 is 2. The second-order valence-electron chi connectivity index (χ2n) is 4.60. The van der Waals surface area contributed by atoms with Crippen molar-refractivity contribution in [3.05, 3.63) is 18.2 Å². The highest BCUT2D eigenvalue weighted by molar-refractivity contribution is 7.89. The van der Waals surface area contributed by atoms with Crippen LogP contribution < -0.4 is 14.8 Å². The third-order valence-corrected chi connectivity index (χ3v) is 5.41. The minimum absolute atomic E-state index is 0.0207. The molecule has 1 unspecified atom stereocenters. The molecule has 1 N–H and O–H groups in total. The zero-order valence-electron chi connectivity index (χ0n) is 12.1. The summed E-state index contributed by atoms with van der Waals surface area (Å²) in [4.78, 5) is 11.7. The predicted molar refractivity (Wildman–Crippen MR) is 75.9 cm³/mol. The normalized spacial score (nSPS) is 20.0. The summed E-state index contributed by atoms with van der Waals surface area (Å²) in [5.74, 6) is 0.375. The van der Waals surface area contributed by atoms with Gasteiger partial charge in [-0.25, -0.2) is 8.42 Å². The van der Waals surface area contributed by atoms with Gasteiger partial charge in [0.05, 0.1) is 14.2 Å². The Kier molecular flexibility index (Phi) is 4.38. The van der Waals surface area contributed by atoms with Crippen molar-refractivity contribution in [1.29, 1.82) is 0 Å². The number of piperazine rings is 1. The number of rotatable bonds is 4. The van der Waals surface area contributed by atoms with E-state index in [1.54, 1.807) is 13.0 Å². The molecule has 0 spiro atoms. The van der Waals surface area contributed by atoms with Crippen LogP contribution in [0.2, 0.25) is 0 Å². The predicted octanol–water partition coefficient (Wildman–Crippen LogP) is 0.213. The first-order chi connectivity index (χ1) is 9.91. The Bertz CT molecular complexity index is 644. The lowest BCUT2D eigenvalue weighted by Crippen LogP contribution is -2.55. The molecule has 1 amide bonds. The molecule has 116 valence electrons. The zero-order valence-corrected chi connectivity index (χ0v) is 12.9. The molecule has 21 heavy (non-hydrogen) atoms. The molecule has 1 aliphatic rings. The Morgan fingerprint density at radius 3 is 2.62 bits per heavy atom. The molecular weight excluding hydrogens is 296 g/mol. The molecule has 1 aromatic carbocycles. The topological polar surface area (TPSA) is 84.9 Å². The van der Waals surface area contributed by atoms with E-state index in [9.17, 15) is 13.2 Å². The van der Waals surface area contributed by atoms with E-state index in [2.05, 4.69) is 5.32 Å². The van der Waals surface area contributed by atoms with Crippen LogP contribution in [0.1, 0.15) is 6.92 Å². The summed E-state index contributed by atoms with van der Waals surface area (Å²) in [5.41, 5.74) is 0. The molecule has 1 atom stereocenters. The number of amides is 1. The summed E-state index contributed by atoms with van der Waals surface area (Å²) >= 11 is 0. The van der Waals surface area contributed by atoms with Crippen LogP contribution >= 0.6 is 0 Å². The standard InChI is InChI=1S/C13H18N2O5S/c1-9-13(16)14-6-7-15(9)21(17,18)12-5-4-10(19-2)8-11(12)20-3/h4-5,8-9H,6-7H2,1-3H3,(H,14,16). The summed E-state index contributed by atoms with van der Waals surface area (Å²) in [7, 11) is -0.945. The first kappa shape index (κ1) is 15.6. The third-order valence-electron chi connectivity index (χ3n) is 3.40. The summed E-state index contributed by atoms with van der Waals surface area (Å²) in [6.45, 7) is 2.08. The van der Waals surface area contributed by atoms with Crippen LogP contribution in [0, 0.1) is 0 Å². The van der Waals surface area contributed by atoms with Crippen molar-refractivity contribution in [2.45, 2.75) is 17.9 Å². The van der Waals surface area contributed by atoms with Gasteiger partial charge in [-0.2, -0.15) is 4.31 Å². The minimum Gasteiger partial charge on any atom is -0.497 e. The second-order valence-corrected chi connectivity index (χ2v) is 6.46. The maximum Gasteiger partial charge on any atom is 0.247 e. The molecule has 0 radical (unpaired) electrons. The monoisotopic (exact) mass is 314 g/mol. The Morgan fingerprint density at radius 2 is 2.00 bits per heavy atom. The first-order valence-electron chi connectivity index (χ1n) is 6.43. The summed E-state index contributed by atoms with van der Waals surface area (Å²) in [6, 6.07) is 3.72. The second kappa shape index (κ2) is 5.90. The van der Waals surface area contributed by atoms with Gasteiger partial charge < -0.3 is 14.8 Å². The van der Waals surface area contributed by atoms with Gasteiger partial charge in [0.2, 0.25) is 15.9 Å². The van der Waals surface area contributed by atoms with Crippen LogP contribution in [0.25, 0.3) is 0 Å². The first-order valence-corrected chi connectivity index (χ1v) is 7.87. The number of benzene rings is 1. The van der Waals surface area contributed by atoms with Gasteiger partial charge in [-0.15, -0.1) is 0 Å². The van der Waals surface area contributed by atoms with Gasteiger partial charge in [-0.3, -0.25) is 4.79 Å². The van der Waals surface area contributed by atoms with Crippen LogP contribution in [-0.2, 0) is 14.8 Å². The van der Waals surface area contributed by atoms with E-state index in [0.717, 1.165) is 0 Å². The third kappa shape index (κ3) is 2.81. The molecule has 7 nitrogen and oxygen atoms in total. The molecule has 2 rings (SSSR count). The zero-order chi connectivity index (χ0) is 15.6. The Balaban J connectivity index is 2.46. The lowest BCUT2D eigenvalue weighted by Gasteiger charge is -2.32. The average molecular weight is 314 g/mol. The number of hydrogen-bond donors (Lipinski definition) is 1. The van der Waals surface area contributed by atoms with Gasteiger partial charge >= 0.3 is 0 Å². The quantitative estimate of drug-likeness (QED) is 0.859. The van der Waals surface area contributed by atoms with Gasteiger partial charge in [0.15, 0.2) is 0 Å². The molecule has 0 aliphatic carbocycles. The van der Waals surface area contributed by atoms with Gasteiger partial charge in [0.25, 0.3) is 0 Å². The SMILES string of the molecule is COc1ccc(S(=O)(=O)N2CCNC(=O)C2C)c(OC)c1. The fourth-order valence-corrected chi connectivity index (χ4v) is 3.94. The van der Waals surface area contributed by atoms with Crippen LogP contribution in [0.4, 0.5) is 0 Å². The van der Waals surface area contributed by atoms with Gasteiger partial charge in [0, 0.05) is 19.2 Å². The average Bonchev–Trinajstić information content (AvgIpc) is 2.49. The highest BCUT2D eigenvalue weighted by atomic mass is 32.2. The number of carbonyl (C=O) groups excluding carboxylic acids is 1. The molecule has 1 heterocycles. The van der Waals surface area contributed by atoms with Crippen molar-refractivity contribution in [3.8, 4) is 11.5 Å². The molecule has 0 aromatic heterocycles. The van der Waals surface area contributed by atoms with Crippen molar-refractivity contribution in [1.82, 2.24) is 9.62 Å². The molecule has 0 bridgehead atoms. The van der Waals surface area contributed by atoms with Gasteiger partial charge in [0.1, 0.15) is 22.4 Å². The van der Waals surface area contributed by atoms with E-state index in [1.165, 1.54) is 30.7 Å². The number of ether oxygens (including phenoxy) is 2. The summed E-state index contributed by atoms with van der Waals surface area (Å²) in [6.07, 6.45) is 0. The van der Waals surface area contributed by atoms with Gasteiger partial charge in [-0.1, -0.05) is 0 Å². The molecule has 1 saturated heterocycles. The number of nitrogens with one attached hydrogen (secondary N) is 1. The molecule has 1 fully saturated rings. The van der Waals surface area contributed by atoms with Crippen molar-refractivity contribution in [3.63, 3.8) is 0 Å². The Labute approximate surface area is 123 Å². The highest BCUT2D eigenvalue weighted by Crippen LogP contribution is 2.31. The molecule has 0 saturated carbocycles. The largest absolute Gasteiger partial charge is 0.497 e.